The van der Waals surface area contributed by atoms with Crippen molar-refractivity contribution in [2.45, 2.75) is 0 Å². The van der Waals surface area contributed by atoms with Gasteiger partial charge in [0.2, 0.25) is 0 Å². The monoisotopic (exact) mass is 389 g/mol. The number of rotatable bonds is 7. The van der Waals surface area contributed by atoms with E-state index in [1.807, 2.05) is 0 Å². The van der Waals surface area contributed by atoms with E-state index in [0.29, 0.717) is 37.9 Å². The molecule has 0 aromatic heterocycles. The maximum atomic E-state index is 8.69. The maximum Gasteiger partial charge on any atom is 0.156 e. The van der Waals surface area contributed by atoms with E-state index in [9.17, 15) is 0 Å². The standard InChI is InChI=1S/C16H14Cl3NO4/c1-22-12-3-2-10(9-20-21)15(8-12)23-4-5-24-16-13(18)6-11(17)7-14(16)19/h2-3,6-9,21H,4-5H2,1H3. The van der Waals surface area contributed by atoms with E-state index in [4.69, 9.17) is 54.2 Å². The van der Waals surface area contributed by atoms with Crippen LogP contribution in [0.1, 0.15) is 5.56 Å². The van der Waals surface area contributed by atoms with Crippen molar-refractivity contribution >= 4 is 41.0 Å². The van der Waals surface area contributed by atoms with Crippen LogP contribution in [0.4, 0.5) is 0 Å². The van der Waals surface area contributed by atoms with Crippen molar-refractivity contribution in [3.8, 4) is 17.2 Å². The second kappa shape index (κ2) is 8.87. The number of nitrogens with zero attached hydrogens (tertiary/aromatic N) is 1. The van der Waals surface area contributed by atoms with Crippen LogP contribution in [0.5, 0.6) is 17.2 Å². The molecule has 0 spiro atoms. The van der Waals surface area contributed by atoms with Gasteiger partial charge in [-0.1, -0.05) is 40.0 Å². The molecule has 8 heteroatoms. The van der Waals surface area contributed by atoms with Gasteiger partial charge in [-0.2, -0.15) is 0 Å². The van der Waals surface area contributed by atoms with Crippen molar-refractivity contribution in [3.63, 3.8) is 0 Å². The van der Waals surface area contributed by atoms with Gasteiger partial charge >= 0.3 is 0 Å². The Hall–Kier alpha value is -1.82. The summed E-state index contributed by atoms with van der Waals surface area (Å²) >= 11 is 17.9. The Balaban J connectivity index is 2.00. The fourth-order valence-electron chi connectivity index (χ4n) is 1.90. The molecule has 0 fully saturated rings. The Morgan fingerprint density at radius 1 is 1.04 bits per heavy atom. The smallest absolute Gasteiger partial charge is 0.156 e. The Morgan fingerprint density at radius 3 is 2.33 bits per heavy atom. The minimum Gasteiger partial charge on any atom is -0.497 e. The van der Waals surface area contributed by atoms with Crippen LogP contribution in [0.2, 0.25) is 15.1 Å². The molecule has 128 valence electrons. The summed E-state index contributed by atoms with van der Waals surface area (Å²) in [6.07, 6.45) is 1.27. The number of hydrogen-bond acceptors (Lipinski definition) is 5. The summed E-state index contributed by atoms with van der Waals surface area (Å²) < 4.78 is 16.3. The van der Waals surface area contributed by atoms with Crippen molar-refractivity contribution in [2.75, 3.05) is 20.3 Å². The topological polar surface area (TPSA) is 60.3 Å². The molecule has 0 amide bonds. The summed E-state index contributed by atoms with van der Waals surface area (Å²) in [6.45, 7) is 0.419. The quantitative estimate of drug-likeness (QED) is 0.315. The fourth-order valence-corrected chi connectivity index (χ4v) is 2.82. The maximum absolute atomic E-state index is 8.69. The van der Waals surface area contributed by atoms with E-state index < -0.39 is 0 Å². The third kappa shape index (κ3) is 4.84. The summed E-state index contributed by atoms with van der Waals surface area (Å²) in [5.74, 6) is 1.45. The summed E-state index contributed by atoms with van der Waals surface area (Å²) in [5.41, 5.74) is 0.598. The molecule has 0 aliphatic heterocycles. The van der Waals surface area contributed by atoms with Gasteiger partial charge in [0.1, 0.15) is 24.7 Å². The Labute approximate surface area is 154 Å². The zero-order valence-corrected chi connectivity index (χ0v) is 14.9. The van der Waals surface area contributed by atoms with E-state index in [1.165, 1.54) is 6.21 Å². The molecule has 0 aliphatic carbocycles. The molecule has 5 nitrogen and oxygen atoms in total. The zero-order valence-electron chi connectivity index (χ0n) is 12.6. The first-order valence-corrected chi connectivity index (χ1v) is 7.94. The van der Waals surface area contributed by atoms with Crippen LogP contribution in [0.3, 0.4) is 0 Å². The van der Waals surface area contributed by atoms with Gasteiger partial charge in [-0.25, -0.2) is 0 Å². The average molecular weight is 391 g/mol. The highest BCUT2D eigenvalue weighted by atomic mass is 35.5. The summed E-state index contributed by atoms with van der Waals surface area (Å²) in [7, 11) is 1.55. The largest absolute Gasteiger partial charge is 0.497 e. The number of oxime groups is 1. The molecule has 0 aliphatic rings. The minimum atomic E-state index is 0.202. The predicted octanol–water partition coefficient (Wildman–Crippen LogP) is 4.92. The zero-order chi connectivity index (χ0) is 17.5. The van der Waals surface area contributed by atoms with Gasteiger partial charge in [0, 0.05) is 16.7 Å². The molecule has 1 N–H and O–H groups in total. The van der Waals surface area contributed by atoms with E-state index in [2.05, 4.69) is 5.16 Å². The molecule has 24 heavy (non-hydrogen) atoms. The summed E-state index contributed by atoms with van der Waals surface area (Å²) in [6, 6.07) is 8.21. The third-order valence-corrected chi connectivity index (χ3v) is 3.75. The van der Waals surface area contributed by atoms with Crippen LogP contribution in [0.15, 0.2) is 35.5 Å². The lowest BCUT2D eigenvalue weighted by atomic mass is 10.2. The number of hydrogen-bond donors (Lipinski definition) is 1. The van der Waals surface area contributed by atoms with Crippen molar-refractivity contribution in [2.24, 2.45) is 5.16 Å². The lowest BCUT2D eigenvalue weighted by Crippen LogP contribution is -2.10. The SMILES string of the molecule is COc1ccc(C=NO)c(OCCOc2c(Cl)cc(Cl)cc2Cl)c1. The van der Waals surface area contributed by atoms with E-state index in [1.54, 1.807) is 37.4 Å². The van der Waals surface area contributed by atoms with Gasteiger partial charge in [0.15, 0.2) is 5.75 Å². The highest BCUT2D eigenvalue weighted by Gasteiger charge is 2.10. The molecule has 0 saturated heterocycles. The van der Waals surface area contributed by atoms with Gasteiger partial charge in [-0.3, -0.25) is 0 Å². The predicted molar refractivity (Wildman–Crippen MR) is 94.8 cm³/mol. The summed E-state index contributed by atoms with van der Waals surface area (Å²) in [5, 5.41) is 12.8. The molecule has 0 unspecified atom stereocenters. The second-order valence-corrected chi connectivity index (χ2v) is 5.79. The van der Waals surface area contributed by atoms with E-state index in [0.717, 1.165) is 0 Å². The molecular formula is C16H14Cl3NO4. The highest BCUT2D eigenvalue weighted by molar-refractivity contribution is 6.40. The van der Waals surface area contributed by atoms with Crippen molar-refractivity contribution in [1.82, 2.24) is 0 Å². The summed E-state index contributed by atoms with van der Waals surface area (Å²) in [4.78, 5) is 0. The number of benzene rings is 2. The van der Waals surface area contributed by atoms with Crippen molar-refractivity contribution in [3.05, 3.63) is 51.0 Å². The molecule has 0 heterocycles. The molecule has 0 bridgehead atoms. The normalized spacial score (nSPS) is 10.8. The first-order valence-electron chi connectivity index (χ1n) is 6.80. The van der Waals surface area contributed by atoms with Crippen molar-refractivity contribution in [1.29, 1.82) is 0 Å². The van der Waals surface area contributed by atoms with E-state index in [-0.39, 0.29) is 13.2 Å². The van der Waals surface area contributed by atoms with Gasteiger partial charge in [0.05, 0.1) is 23.4 Å². The molecule has 0 saturated carbocycles. The minimum absolute atomic E-state index is 0.202. The lowest BCUT2D eigenvalue weighted by Gasteiger charge is -2.13. The van der Waals surface area contributed by atoms with Crippen LogP contribution in [-0.2, 0) is 0 Å². The molecular weight excluding hydrogens is 377 g/mol. The highest BCUT2D eigenvalue weighted by Crippen LogP contribution is 2.35. The molecule has 0 radical (unpaired) electrons. The van der Waals surface area contributed by atoms with Gasteiger partial charge in [-0.05, 0) is 24.3 Å². The number of ether oxygens (including phenoxy) is 3. The van der Waals surface area contributed by atoms with Gasteiger partial charge < -0.3 is 19.4 Å². The first kappa shape index (κ1) is 18.5. The van der Waals surface area contributed by atoms with Gasteiger partial charge in [-0.15, -0.1) is 0 Å². The molecule has 2 rings (SSSR count). The number of halogens is 3. The number of methoxy groups -OCH3 is 1. The third-order valence-electron chi connectivity index (χ3n) is 2.97. The second-order valence-electron chi connectivity index (χ2n) is 4.54. The van der Waals surface area contributed by atoms with Crippen LogP contribution in [0, 0.1) is 0 Å². The van der Waals surface area contributed by atoms with Crippen LogP contribution in [0.25, 0.3) is 0 Å². The van der Waals surface area contributed by atoms with Crippen LogP contribution in [-0.4, -0.2) is 31.7 Å². The van der Waals surface area contributed by atoms with Crippen LogP contribution < -0.4 is 14.2 Å². The fraction of sp³-hybridized carbons (Fsp3) is 0.188. The van der Waals surface area contributed by atoms with Crippen molar-refractivity contribution < 1.29 is 19.4 Å². The Kier molecular flexibility index (Phi) is 6.85. The molecule has 0 atom stereocenters. The lowest BCUT2D eigenvalue weighted by molar-refractivity contribution is 0.216. The van der Waals surface area contributed by atoms with E-state index >= 15 is 0 Å². The Morgan fingerprint density at radius 2 is 1.71 bits per heavy atom. The Bertz CT molecular complexity index is 714. The average Bonchev–Trinajstić information content (AvgIpc) is 2.54. The molecule has 2 aromatic rings. The molecule has 2 aromatic carbocycles. The van der Waals surface area contributed by atoms with Crippen LogP contribution >= 0.6 is 34.8 Å². The first-order chi connectivity index (χ1) is 11.5. The van der Waals surface area contributed by atoms with Gasteiger partial charge in [0.25, 0.3) is 0 Å².